The molecule has 0 nitrogen and oxygen atoms in total. The van der Waals surface area contributed by atoms with Crippen LogP contribution in [0.3, 0.4) is 0 Å². The van der Waals surface area contributed by atoms with Gasteiger partial charge in [0.25, 0.3) is 0 Å². The number of hydrogen-bond donors (Lipinski definition) is 0. The Labute approximate surface area is 137 Å². The zero-order valence-electron chi connectivity index (χ0n) is 9.55. The maximum Gasteiger partial charge on any atom is 0.0849 e. The van der Waals surface area contributed by atoms with Crippen LogP contribution in [0.2, 0.25) is 0 Å². The molecular weight excluding hydrogens is 443 g/mol. The van der Waals surface area contributed by atoms with Crippen molar-refractivity contribution in [1.82, 2.24) is 0 Å². The van der Waals surface area contributed by atoms with Crippen molar-refractivity contribution >= 4 is 59.4 Å². The van der Waals surface area contributed by atoms with Gasteiger partial charge in [-0.25, -0.2) is 0 Å². The van der Waals surface area contributed by atoms with Crippen molar-refractivity contribution in [3.8, 4) is 0 Å². The van der Waals surface area contributed by atoms with Crippen molar-refractivity contribution in [2.45, 2.75) is 12.3 Å². The van der Waals surface area contributed by atoms with Crippen molar-refractivity contribution in [2.75, 3.05) is 0 Å². The van der Waals surface area contributed by atoms with E-state index < -0.39 is 0 Å². The standard InChI is InChI=1S/C14H10Br3Cl/c1-8-6-9(15)2-4-11(8)14(18)12-7-10(16)3-5-13(12)17/h2-7,14H,1H3. The molecule has 0 radical (unpaired) electrons. The summed E-state index contributed by atoms with van der Waals surface area (Å²) >= 11 is 17.1. The molecule has 0 N–H and O–H groups in total. The van der Waals surface area contributed by atoms with Gasteiger partial charge in [0.15, 0.2) is 0 Å². The summed E-state index contributed by atoms with van der Waals surface area (Å²) in [5, 5.41) is -0.162. The second-order valence-electron chi connectivity index (χ2n) is 4.03. The molecule has 0 aromatic heterocycles. The molecule has 0 bridgehead atoms. The zero-order valence-corrected chi connectivity index (χ0v) is 15.1. The molecule has 0 aliphatic rings. The van der Waals surface area contributed by atoms with E-state index in [0.29, 0.717) is 0 Å². The minimum absolute atomic E-state index is 0.162. The lowest BCUT2D eigenvalue weighted by atomic mass is 10.0. The molecule has 0 spiro atoms. The van der Waals surface area contributed by atoms with Crippen molar-refractivity contribution < 1.29 is 0 Å². The SMILES string of the molecule is Cc1cc(Br)ccc1C(Cl)c1cc(Br)ccc1Br. The first kappa shape index (κ1) is 14.6. The van der Waals surface area contributed by atoms with Crippen LogP contribution < -0.4 is 0 Å². The lowest BCUT2D eigenvalue weighted by Gasteiger charge is -2.15. The van der Waals surface area contributed by atoms with Crippen LogP contribution in [0.5, 0.6) is 0 Å². The van der Waals surface area contributed by atoms with Gasteiger partial charge in [0.2, 0.25) is 0 Å². The quantitative estimate of drug-likeness (QED) is 0.449. The Balaban J connectivity index is 2.47. The highest BCUT2D eigenvalue weighted by Crippen LogP contribution is 2.37. The van der Waals surface area contributed by atoms with E-state index in [1.165, 1.54) is 5.56 Å². The van der Waals surface area contributed by atoms with E-state index >= 15 is 0 Å². The first-order chi connectivity index (χ1) is 8.49. The van der Waals surface area contributed by atoms with Gasteiger partial charge < -0.3 is 0 Å². The van der Waals surface area contributed by atoms with Crippen molar-refractivity contribution in [1.29, 1.82) is 0 Å². The van der Waals surface area contributed by atoms with Crippen LogP contribution in [0, 0.1) is 6.92 Å². The minimum atomic E-state index is -0.162. The van der Waals surface area contributed by atoms with E-state index in [0.717, 1.165) is 24.5 Å². The van der Waals surface area contributed by atoms with E-state index in [2.05, 4.69) is 66.8 Å². The lowest BCUT2D eigenvalue weighted by Crippen LogP contribution is -1.97. The van der Waals surface area contributed by atoms with Gasteiger partial charge in [-0.05, 0) is 53.9 Å². The molecule has 0 aliphatic carbocycles. The van der Waals surface area contributed by atoms with Gasteiger partial charge in [-0.15, -0.1) is 11.6 Å². The number of rotatable bonds is 2. The molecule has 1 unspecified atom stereocenters. The Morgan fingerprint density at radius 3 is 2.17 bits per heavy atom. The third-order valence-electron chi connectivity index (χ3n) is 2.74. The van der Waals surface area contributed by atoms with Gasteiger partial charge >= 0.3 is 0 Å². The monoisotopic (exact) mass is 450 g/mol. The number of halogens is 4. The number of aryl methyl sites for hydroxylation is 1. The minimum Gasteiger partial charge on any atom is -0.113 e. The van der Waals surface area contributed by atoms with E-state index in [4.69, 9.17) is 11.6 Å². The summed E-state index contributed by atoms with van der Waals surface area (Å²) in [5.41, 5.74) is 3.37. The summed E-state index contributed by atoms with van der Waals surface area (Å²) < 4.78 is 3.12. The van der Waals surface area contributed by atoms with Crippen LogP contribution in [0.25, 0.3) is 0 Å². The van der Waals surface area contributed by atoms with Crippen molar-refractivity contribution in [3.63, 3.8) is 0 Å². The summed E-state index contributed by atoms with van der Waals surface area (Å²) in [5.74, 6) is 0. The summed E-state index contributed by atoms with van der Waals surface area (Å²) in [4.78, 5) is 0. The van der Waals surface area contributed by atoms with E-state index in [-0.39, 0.29) is 5.38 Å². The summed E-state index contributed by atoms with van der Waals surface area (Å²) in [6, 6.07) is 12.2. The highest BCUT2D eigenvalue weighted by molar-refractivity contribution is 9.11. The molecule has 1 atom stereocenters. The van der Waals surface area contributed by atoms with E-state index in [1.807, 2.05) is 24.3 Å². The second-order valence-corrected chi connectivity index (χ2v) is 7.15. The smallest absolute Gasteiger partial charge is 0.0849 e. The van der Waals surface area contributed by atoms with Crippen LogP contribution in [-0.4, -0.2) is 0 Å². The molecule has 4 heteroatoms. The maximum atomic E-state index is 6.60. The van der Waals surface area contributed by atoms with Crippen LogP contribution >= 0.6 is 59.4 Å². The van der Waals surface area contributed by atoms with Gasteiger partial charge in [-0.3, -0.25) is 0 Å². The van der Waals surface area contributed by atoms with Crippen LogP contribution in [0.15, 0.2) is 49.8 Å². The molecule has 0 heterocycles. The molecule has 18 heavy (non-hydrogen) atoms. The molecule has 2 rings (SSSR count). The Morgan fingerprint density at radius 1 is 0.889 bits per heavy atom. The normalized spacial score (nSPS) is 12.5. The first-order valence-corrected chi connectivity index (χ1v) is 8.15. The van der Waals surface area contributed by atoms with Gasteiger partial charge in [0.05, 0.1) is 5.38 Å². The molecule has 2 aromatic rings. The third-order valence-corrected chi connectivity index (χ3v) is 4.91. The molecule has 0 saturated heterocycles. The summed E-state index contributed by atoms with van der Waals surface area (Å²) in [6.07, 6.45) is 0. The summed E-state index contributed by atoms with van der Waals surface area (Å²) in [7, 11) is 0. The van der Waals surface area contributed by atoms with Gasteiger partial charge in [-0.1, -0.05) is 53.9 Å². The zero-order chi connectivity index (χ0) is 13.3. The van der Waals surface area contributed by atoms with Crippen LogP contribution in [0.1, 0.15) is 22.1 Å². The first-order valence-electron chi connectivity index (χ1n) is 5.34. The van der Waals surface area contributed by atoms with Gasteiger partial charge in [0.1, 0.15) is 0 Å². The highest BCUT2D eigenvalue weighted by atomic mass is 79.9. The van der Waals surface area contributed by atoms with Gasteiger partial charge in [0, 0.05) is 13.4 Å². The average Bonchev–Trinajstić information content (AvgIpc) is 2.31. The fraction of sp³-hybridized carbons (Fsp3) is 0.143. The van der Waals surface area contributed by atoms with Crippen molar-refractivity contribution in [3.05, 3.63) is 66.5 Å². The number of benzene rings is 2. The van der Waals surface area contributed by atoms with E-state index in [9.17, 15) is 0 Å². The molecule has 2 aromatic carbocycles. The molecule has 94 valence electrons. The average molecular weight is 453 g/mol. The molecular formula is C14H10Br3Cl. The maximum absolute atomic E-state index is 6.60. The Morgan fingerprint density at radius 2 is 1.50 bits per heavy atom. The van der Waals surface area contributed by atoms with Crippen LogP contribution in [0.4, 0.5) is 0 Å². The Kier molecular flexibility index (Phi) is 4.92. The molecule has 0 saturated carbocycles. The molecule has 0 fully saturated rings. The van der Waals surface area contributed by atoms with Gasteiger partial charge in [-0.2, -0.15) is 0 Å². The number of hydrogen-bond acceptors (Lipinski definition) is 0. The fourth-order valence-corrected chi connectivity index (χ4v) is 3.69. The fourth-order valence-electron chi connectivity index (χ4n) is 1.80. The number of alkyl halides is 1. The lowest BCUT2D eigenvalue weighted by molar-refractivity contribution is 1.10. The third kappa shape index (κ3) is 3.19. The molecule has 0 amide bonds. The predicted octanol–water partition coefficient (Wildman–Crippen LogP) is 6.61. The second kappa shape index (κ2) is 6.08. The summed E-state index contributed by atoms with van der Waals surface area (Å²) in [6.45, 7) is 2.07. The van der Waals surface area contributed by atoms with E-state index in [1.54, 1.807) is 0 Å². The van der Waals surface area contributed by atoms with Crippen LogP contribution in [-0.2, 0) is 0 Å². The molecule has 0 aliphatic heterocycles. The Bertz CT molecular complexity index is 581. The predicted molar refractivity (Wildman–Crippen MR) is 88.4 cm³/mol. The van der Waals surface area contributed by atoms with Crippen molar-refractivity contribution in [2.24, 2.45) is 0 Å². The largest absolute Gasteiger partial charge is 0.113 e. The highest BCUT2D eigenvalue weighted by Gasteiger charge is 2.16. The topological polar surface area (TPSA) is 0 Å². The Hall–Kier alpha value is 0.170.